The van der Waals surface area contributed by atoms with E-state index in [0.717, 1.165) is 44.8 Å². The molecule has 2 fully saturated rings. The van der Waals surface area contributed by atoms with Crippen molar-refractivity contribution < 1.29 is 9.53 Å². The first kappa shape index (κ1) is 17.6. The van der Waals surface area contributed by atoms with Crippen LogP contribution in [0.5, 0.6) is 0 Å². The van der Waals surface area contributed by atoms with E-state index >= 15 is 0 Å². The van der Waals surface area contributed by atoms with Gasteiger partial charge in [-0.1, -0.05) is 0 Å². The summed E-state index contributed by atoms with van der Waals surface area (Å²) in [4.78, 5) is 23.2. The summed E-state index contributed by atoms with van der Waals surface area (Å²) in [7, 11) is 1.83. The number of ether oxygens (including phenoxy) is 1. The first-order valence-electron chi connectivity index (χ1n) is 9.08. The number of hydrogen-bond acceptors (Lipinski definition) is 6. The lowest BCUT2D eigenvalue weighted by atomic mass is 9.79. The molecule has 140 valence electrons. The Balaban J connectivity index is 1.25. The summed E-state index contributed by atoms with van der Waals surface area (Å²) in [5, 5.41) is 6.27. The molecule has 1 N–H and O–H groups in total. The Bertz CT molecular complexity index is 780. The third-order valence-electron chi connectivity index (χ3n) is 5.41. The van der Waals surface area contributed by atoms with E-state index in [1.807, 2.05) is 14.0 Å². The molecule has 0 aromatic carbocycles. The van der Waals surface area contributed by atoms with Crippen molar-refractivity contribution in [2.75, 3.05) is 26.2 Å². The fourth-order valence-electron chi connectivity index (χ4n) is 4.05. The van der Waals surface area contributed by atoms with Crippen molar-refractivity contribution in [2.24, 2.45) is 13.0 Å². The SMILES string of the molecule is Cc1csc(CN2CC3(C2)OCCC3CCNC(=O)c2nccn2C)n1. The zero-order valence-electron chi connectivity index (χ0n) is 15.3. The van der Waals surface area contributed by atoms with Gasteiger partial charge in [0, 0.05) is 56.8 Å². The highest BCUT2D eigenvalue weighted by atomic mass is 32.1. The molecule has 2 aromatic heterocycles. The average Bonchev–Trinajstić information content (AvgIpc) is 3.28. The minimum Gasteiger partial charge on any atom is -0.372 e. The molecule has 0 aliphatic carbocycles. The Hall–Kier alpha value is -1.77. The van der Waals surface area contributed by atoms with Crippen molar-refractivity contribution in [1.82, 2.24) is 24.8 Å². The lowest BCUT2D eigenvalue weighted by Crippen LogP contribution is -2.64. The van der Waals surface area contributed by atoms with Crippen LogP contribution < -0.4 is 5.32 Å². The first-order valence-corrected chi connectivity index (χ1v) is 9.96. The number of aromatic nitrogens is 3. The number of hydrogen-bond donors (Lipinski definition) is 1. The van der Waals surface area contributed by atoms with Crippen molar-refractivity contribution >= 4 is 17.2 Å². The lowest BCUT2D eigenvalue weighted by Gasteiger charge is -2.50. The van der Waals surface area contributed by atoms with E-state index in [9.17, 15) is 4.79 Å². The molecular weight excluding hydrogens is 350 g/mol. The second-order valence-corrected chi connectivity index (χ2v) is 8.28. The van der Waals surface area contributed by atoms with E-state index in [4.69, 9.17) is 4.74 Å². The topological polar surface area (TPSA) is 72.3 Å². The predicted octanol–water partition coefficient (Wildman–Crippen LogP) is 1.60. The van der Waals surface area contributed by atoms with Gasteiger partial charge in [-0.2, -0.15) is 0 Å². The standard InChI is InChI=1S/C18H25N5O2S/c1-13-10-26-15(21-13)9-23-11-18(12-23)14(4-8-25-18)3-5-20-17(24)16-19-6-7-22(16)2/h6-7,10,14H,3-5,8-9,11-12H2,1-2H3,(H,20,24). The molecule has 1 amide bonds. The summed E-state index contributed by atoms with van der Waals surface area (Å²) in [5.74, 6) is 0.842. The summed E-state index contributed by atoms with van der Waals surface area (Å²) in [6, 6.07) is 0. The molecule has 0 radical (unpaired) electrons. The Morgan fingerprint density at radius 1 is 1.50 bits per heavy atom. The molecule has 2 aliphatic rings. The van der Waals surface area contributed by atoms with Crippen molar-refractivity contribution in [3.05, 3.63) is 34.3 Å². The van der Waals surface area contributed by atoms with Crippen molar-refractivity contribution in [2.45, 2.75) is 31.9 Å². The maximum Gasteiger partial charge on any atom is 0.287 e. The molecular formula is C18H25N5O2S. The fraction of sp³-hybridized carbons (Fsp3) is 0.611. The highest BCUT2D eigenvalue weighted by molar-refractivity contribution is 7.09. The maximum absolute atomic E-state index is 12.2. The molecule has 4 rings (SSSR count). The molecule has 0 saturated carbocycles. The summed E-state index contributed by atoms with van der Waals surface area (Å²) in [6.07, 6.45) is 5.44. The minimum atomic E-state index is -0.111. The molecule has 2 aromatic rings. The molecule has 26 heavy (non-hydrogen) atoms. The highest BCUT2D eigenvalue weighted by Gasteiger charge is 2.52. The smallest absolute Gasteiger partial charge is 0.287 e. The van der Waals surface area contributed by atoms with E-state index in [-0.39, 0.29) is 11.5 Å². The Kier molecular flexibility index (Phi) is 4.81. The van der Waals surface area contributed by atoms with Crippen LogP contribution in [0.2, 0.25) is 0 Å². The van der Waals surface area contributed by atoms with Gasteiger partial charge in [0.25, 0.3) is 5.91 Å². The average molecular weight is 375 g/mol. The number of carbonyl (C=O) groups is 1. The third-order valence-corrected chi connectivity index (χ3v) is 6.36. The summed E-state index contributed by atoms with van der Waals surface area (Å²) >= 11 is 1.73. The van der Waals surface area contributed by atoms with Gasteiger partial charge < -0.3 is 14.6 Å². The molecule has 8 heteroatoms. The molecule has 1 unspecified atom stereocenters. The van der Waals surface area contributed by atoms with Gasteiger partial charge in [-0.15, -0.1) is 11.3 Å². The van der Waals surface area contributed by atoms with Gasteiger partial charge in [-0.3, -0.25) is 9.69 Å². The van der Waals surface area contributed by atoms with Crippen LogP contribution in [-0.4, -0.2) is 57.2 Å². The zero-order valence-corrected chi connectivity index (χ0v) is 16.1. The zero-order chi connectivity index (χ0) is 18.1. The number of amides is 1. The maximum atomic E-state index is 12.2. The Labute approximate surface area is 157 Å². The number of imidazole rings is 1. The fourth-order valence-corrected chi connectivity index (χ4v) is 4.87. The number of nitrogens with one attached hydrogen (secondary N) is 1. The number of nitrogens with zero attached hydrogens (tertiary/aromatic N) is 4. The van der Waals surface area contributed by atoms with Gasteiger partial charge in [0.05, 0.1) is 12.1 Å². The summed E-state index contributed by atoms with van der Waals surface area (Å²) < 4.78 is 7.86. The van der Waals surface area contributed by atoms with E-state index in [1.165, 1.54) is 5.01 Å². The molecule has 4 heterocycles. The normalized spacial score (nSPS) is 21.8. The van der Waals surface area contributed by atoms with Crippen LogP contribution in [0.3, 0.4) is 0 Å². The molecule has 2 saturated heterocycles. The number of carbonyl (C=O) groups excluding carboxylic acids is 1. The van der Waals surface area contributed by atoms with Gasteiger partial charge in [0.1, 0.15) is 5.01 Å². The van der Waals surface area contributed by atoms with Crippen LogP contribution in [0.15, 0.2) is 17.8 Å². The monoisotopic (exact) mass is 375 g/mol. The van der Waals surface area contributed by atoms with E-state index in [0.29, 0.717) is 18.3 Å². The van der Waals surface area contributed by atoms with Gasteiger partial charge in [0.15, 0.2) is 5.82 Å². The molecule has 1 atom stereocenters. The van der Waals surface area contributed by atoms with Crippen LogP contribution in [0.25, 0.3) is 0 Å². The molecule has 0 bridgehead atoms. The van der Waals surface area contributed by atoms with Crippen LogP contribution in [-0.2, 0) is 18.3 Å². The molecule has 7 nitrogen and oxygen atoms in total. The van der Waals surface area contributed by atoms with E-state index in [2.05, 4.69) is 25.6 Å². The predicted molar refractivity (Wildman–Crippen MR) is 99.1 cm³/mol. The van der Waals surface area contributed by atoms with Gasteiger partial charge in [0.2, 0.25) is 0 Å². The lowest BCUT2D eigenvalue weighted by molar-refractivity contribution is -0.136. The van der Waals surface area contributed by atoms with Gasteiger partial charge in [-0.25, -0.2) is 9.97 Å². The number of likely N-dealkylation sites (tertiary alicyclic amines) is 1. The molecule has 2 aliphatic heterocycles. The van der Waals surface area contributed by atoms with Crippen molar-refractivity contribution in [1.29, 1.82) is 0 Å². The number of rotatable bonds is 6. The molecule has 1 spiro atoms. The van der Waals surface area contributed by atoms with Crippen LogP contribution >= 0.6 is 11.3 Å². The van der Waals surface area contributed by atoms with Crippen molar-refractivity contribution in [3.8, 4) is 0 Å². The minimum absolute atomic E-state index is 0.0275. The Morgan fingerprint density at radius 3 is 3.04 bits per heavy atom. The number of thiazole rings is 1. The van der Waals surface area contributed by atoms with E-state index < -0.39 is 0 Å². The van der Waals surface area contributed by atoms with Crippen LogP contribution in [0.4, 0.5) is 0 Å². The van der Waals surface area contributed by atoms with Crippen molar-refractivity contribution in [3.63, 3.8) is 0 Å². The second kappa shape index (κ2) is 7.09. The first-order chi connectivity index (χ1) is 12.6. The quantitative estimate of drug-likeness (QED) is 0.830. The third kappa shape index (κ3) is 3.41. The summed E-state index contributed by atoms with van der Waals surface area (Å²) in [5.41, 5.74) is 1.07. The van der Waals surface area contributed by atoms with Crippen LogP contribution in [0.1, 0.15) is 34.2 Å². The van der Waals surface area contributed by atoms with Crippen LogP contribution in [0, 0.1) is 12.8 Å². The highest BCUT2D eigenvalue weighted by Crippen LogP contribution is 2.42. The van der Waals surface area contributed by atoms with E-state index in [1.54, 1.807) is 28.3 Å². The largest absolute Gasteiger partial charge is 0.372 e. The second-order valence-electron chi connectivity index (χ2n) is 7.33. The Morgan fingerprint density at radius 2 is 2.35 bits per heavy atom. The number of aryl methyl sites for hydroxylation is 2. The van der Waals surface area contributed by atoms with Gasteiger partial charge >= 0.3 is 0 Å². The van der Waals surface area contributed by atoms with Gasteiger partial charge in [-0.05, 0) is 25.7 Å². The summed E-state index contributed by atoms with van der Waals surface area (Å²) in [6.45, 7) is 6.35.